The molecule has 0 radical (unpaired) electrons. The van der Waals surface area contributed by atoms with E-state index in [1.165, 1.54) is 0 Å². The largest absolute Gasteiger partial charge is 0.461 e. The molecule has 0 spiro atoms. The second-order valence-electron chi connectivity index (χ2n) is 4.93. The van der Waals surface area contributed by atoms with Crippen LogP contribution in [0, 0.1) is 5.92 Å². The molecule has 0 fully saturated rings. The molecule has 0 aliphatic carbocycles. The number of rotatable bonds is 5. The lowest BCUT2D eigenvalue weighted by Gasteiger charge is -2.05. The van der Waals surface area contributed by atoms with Crippen LogP contribution >= 0.6 is 0 Å². The molecule has 0 saturated heterocycles. The van der Waals surface area contributed by atoms with Crippen LogP contribution in [-0.4, -0.2) is 23.5 Å². The van der Waals surface area contributed by atoms with Gasteiger partial charge >= 0.3 is 5.97 Å². The number of carbonyl (C=O) groups excluding carboxylic acids is 2. The van der Waals surface area contributed by atoms with Crippen LogP contribution in [0.5, 0.6) is 0 Å². The number of esters is 1. The number of nitrogens with one attached hydrogen (secondary N) is 1. The van der Waals surface area contributed by atoms with E-state index in [-0.39, 0.29) is 35.9 Å². The van der Waals surface area contributed by atoms with Crippen molar-refractivity contribution in [1.82, 2.24) is 4.98 Å². The molecule has 0 aliphatic heterocycles. The highest BCUT2D eigenvalue weighted by Gasteiger charge is 2.24. The highest BCUT2D eigenvalue weighted by Crippen LogP contribution is 2.26. The Balaban J connectivity index is 2.39. The topological polar surface area (TPSA) is 81.4 Å². The van der Waals surface area contributed by atoms with Crippen LogP contribution in [0.2, 0.25) is 0 Å². The molecule has 2 aromatic rings. The normalized spacial score (nSPS) is 10.5. The molecule has 6 nitrogen and oxygen atoms in total. The Kier molecular flexibility index (Phi) is 4.93. The highest BCUT2D eigenvalue weighted by molar-refractivity contribution is 5.99. The van der Waals surface area contributed by atoms with Gasteiger partial charge in [0, 0.05) is 11.5 Å². The van der Waals surface area contributed by atoms with Gasteiger partial charge in [-0.1, -0.05) is 32.0 Å². The third kappa shape index (κ3) is 3.52. The fourth-order valence-electron chi connectivity index (χ4n) is 1.70. The van der Waals surface area contributed by atoms with Gasteiger partial charge in [0.2, 0.25) is 23.4 Å². The van der Waals surface area contributed by atoms with Gasteiger partial charge in [0.25, 0.3) is 0 Å². The number of hydrogen-bond acceptors (Lipinski definition) is 5. The van der Waals surface area contributed by atoms with Crippen LogP contribution in [0.15, 0.2) is 34.7 Å². The first kappa shape index (κ1) is 15.8. The standard InChI is InChI=1S/C16H18N2O4/c1-4-21-16(20)12-15(18-13(19)10(2)3)22-14(17-12)11-8-6-5-7-9-11/h5-10H,4H2,1-3H3,(H,18,19). The van der Waals surface area contributed by atoms with E-state index in [4.69, 9.17) is 9.15 Å². The molecule has 22 heavy (non-hydrogen) atoms. The third-order valence-corrected chi connectivity index (χ3v) is 2.88. The van der Waals surface area contributed by atoms with E-state index in [0.717, 1.165) is 0 Å². The zero-order valence-electron chi connectivity index (χ0n) is 12.8. The van der Waals surface area contributed by atoms with Crippen molar-refractivity contribution in [3.8, 4) is 11.5 Å². The number of ether oxygens (including phenoxy) is 1. The summed E-state index contributed by atoms with van der Waals surface area (Å²) in [6, 6.07) is 9.12. The summed E-state index contributed by atoms with van der Waals surface area (Å²) < 4.78 is 10.5. The number of anilines is 1. The second kappa shape index (κ2) is 6.89. The van der Waals surface area contributed by atoms with Crippen LogP contribution in [0.1, 0.15) is 31.3 Å². The Labute approximate surface area is 128 Å². The number of hydrogen-bond donors (Lipinski definition) is 1. The monoisotopic (exact) mass is 302 g/mol. The first-order valence-corrected chi connectivity index (χ1v) is 7.07. The van der Waals surface area contributed by atoms with Crippen molar-refractivity contribution in [2.24, 2.45) is 5.92 Å². The van der Waals surface area contributed by atoms with E-state index in [9.17, 15) is 9.59 Å². The van der Waals surface area contributed by atoms with Crippen molar-refractivity contribution in [3.63, 3.8) is 0 Å². The minimum atomic E-state index is -0.632. The molecule has 0 bridgehead atoms. The van der Waals surface area contributed by atoms with Gasteiger partial charge in [0.1, 0.15) is 0 Å². The molecule has 1 aromatic heterocycles. The van der Waals surface area contributed by atoms with Gasteiger partial charge < -0.3 is 9.15 Å². The maximum Gasteiger partial charge on any atom is 0.362 e. The summed E-state index contributed by atoms with van der Waals surface area (Å²) in [5.74, 6) is -0.882. The number of benzene rings is 1. The highest BCUT2D eigenvalue weighted by atomic mass is 16.5. The second-order valence-corrected chi connectivity index (χ2v) is 4.93. The predicted octanol–water partition coefficient (Wildman–Crippen LogP) is 3.11. The van der Waals surface area contributed by atoms with Crippen molar-refractivity contribution in [2.75, 3.05) is 11.9 Å². The number of amides is 1. The smallest absolute Gasteiger partial charge is 0.362 e. The Hall–Kier alpha value is -2.63. The number of oxazole rings is 1. The summed E-state index contributed by atoms with van der Waals surface area (Å²) in [5, 5.41) is 2.57. The Bertz CT molecular complexity index is 662. The van der Waals surface area contributed by atoms with Gasteiger partial charge in [-0.15, -0.1) is 0 Å². The van der Waals surface area contributed by atoms with Gasteiger partial charge in [0.15, 0.2) is 0 Å². The summed E-state index contributed by atoms with van der Waals surface area (Å²) in [5.41, 5.74) is 0.674. The maximum atomic E-state index is 12.0. The van der Waals surface area contributed by atoms with Crippen LogP contribution in [0.3, 0.4) is 0 Å². The minimum Gasteiger partial charge on any atom is -0.461 e. The fourth-order valence-corrected chi connectivity index (χ4v) is 1.70. The van der Waals surface area contributed by atoms with Crippen molar-refractivity contribution in [2.45, 2.75) is 20.8 Å². The number of nitrogens with zero attached hydrogens (tertiary/aromatic N) is 1. The van der Waals surface area contributed by atoms with E-state index in [1.807, 2.05) is 18.2 Å². The van der Waals surface area contributed by atoms with Gasteiger partial charge in [-0.05, 0) is 19.1 Å². The first-order valence-electron chi connectivity index (χ1n) is 7.07. The zero-order chi connectivity index (χ0) is 16.1. The lowest BCUT2D eigenvalue weighted by Crippen LogP contribution is -2.19. The summed E-state index contributed by atoms with van der Waals surface area (Å²) in [4.78, 5) is 28.0. The van der Waals surface area contributed by atoms with Crippen molar-refractivity contribution in [1.29, 1.82) is 0 Å². The molecule has 1 N–H and O–H groups in total. The van der Waals surface area contributed by atoms with Crippen LogP contribution in [0.4, 0.5) is 5.88 Å². The quantitative estimate of drug-likeness (QED) is 0.858. The molecule has 0 atom stereocenters. The Morgan fingerprint density at radius 3 is 2.55 bits per heavy atom. The molecule has 1 heterocycles. The van der Waals surface area contributed by atoms with Gasteiger partial charge in [0.05, 0.1) is 6.61 Å². The number of aromatic nitrogens is 1. The molecule has 0 saturated carbocycles. The summed E-state index contributed by atoms with van der Waals surface area (Å²) >= 11 is 0. The molecule has 1 aromatic carbocycles. The van der Waals surface area contributed by atoms with Crippen molar-refractivity contribution < 1.29 is 18.7 Å². The summed E-state index contributed by atoms with van der Waals surface area (Å²) in [7, 11) is 0. The van der Waals surface area contributed by atoms with E-state index < -0.39 is 5.97 Å². The van der Waals surface area contributed by atoms with E-state index in [2.05, 4.69) is 10.3 Å². The van der Waals surface area contributed by atoms with Gasteiger partial charge in [-0.2, -0.15) is 4.98 Å². The van der Waals surface area contributed by atoms with Crippen molar-refractivity contribution in [3.05, 3.63) is 36.0 Å². The van der Waals surface area contributed by atoms with E-state index >= 15 is 0 Å². The van der Waals surface area contributed by atoms with Crippen LogP contribution in [0.25, 0.3) is 11.5 Å². The van der Waals surface area contributed by atoms with E-state index in [1.54, 1.807) is 32.9 Å². The fraction of sp³-hybridized carbons (Fsp3) is 0.312. The zero-order valence-corrected chi connectivity index (χ0v) is 12.8. The van der Waals surface area contributed by atoms with Gasteiger partial charge in [-0.25, -0.2) is 4.79 Å². The molecule has 6 heteroatoms. The minimum absolute atomic E-state index is 0.0102. The lowest BCUT2D eigenvalue weighted by atomic mass is 10.2. The lowest BCUT2D eigenvalue weighted by molar-refractivity contribution is -0.119. The molecular formula is C16H18N2O4. The average Bonchev–Trinajstić information content (AvgIpc) is 2.92. The molecule has 0 aliphatic rings. The predicted molar refractivity (Wildman–Crippen MR) is 81.4 cm³/mol. The van der Waals surface area contributed by atoms with Crippen LogP contribution < -0.4 is 5.32 Å². The Morgan fingerprint density at radius 1 is 1.27 bits per heavy atom. The maximum absolute atomic E-state index is 12.0. The third-order valence-electron chi connectivity index (χ3n) is 2.88. The molecular weight excluding hydrogens is 284 g/mol. The van der Waals surface area contributed by atoms with Crippen molar-refractivity contribution >= 4 is 17.8 Å². The Morgan fingerprint density at radius 2 is 1.95 bits per heavy atom. The molecule has 2 rings (SSSR count). The molecule has 1 amide bonds. The number of carbonyl (C=O) groups is 2. The molecule has 0 unspecified atom stereocenters. The molecule has 116 valence electrons. The van der Waals surface area contributed by atoms with E-state index in [0.29, 0.717) is 5.56 Å². The SMILES string of the molecule is CCOC(=O)c1nc(-c2ccccc2)oc1NC(=O)C(C)C. The van der Waals surface area contributed by atoms with Crippen LogP contribution in [-0.2, 0) is 9.53 Å². The average molecular weight is 302 g/mol. The summed E-state index contributed by atoms with van der Waals surface area (Å²) in [6.07, 6.45) is 0. The summed E-state index contributed by atoms with van der Waals surface area (Å²) in [6.45, 7) is 5.40. The first-order chi connectivity index (χ1) is 10.5. The van der Waals surface area contributed by atoms with Gasteiger partial charge in [-0.3, -0.25) is 10.1 Å².